The van der Waals surface area contributed by atoms with E-state index >= 15 is 0 Å². The van der Waals surface area contributed by atoms with E-state index < -0.39 is 0 Å². The van der Waals surface area contributed by atoms with Crippen LogP contribution in [0, 0.1) is 0 Å². The second kappa shape index (κ2) is 7.88. The smallest absolute Gasteiger partial charge is 0.151 e. The summed E-state index contributed by atoms with van der Waals surface area (Å²) < 4.78 is 0. The molecule has 1 saturated heterocycles. The molecule has 1 N–H and O–H groups in total. The van der Waals surface area contributed by atoms with Gasteiger partial charge in [-0.25, -0.2) is 0 Å². The first-order valence-corrected chi connectivity index (χ1v) is 8.29. The highest BCUT2D eigenvalue weighted by Gasteiger charge is 2.20. The van der Waals surface area contributed by atoms with E-state index in [1.165, 1.54) is 24.0 Å². The summed E-state index contributed by atoms with van der Waals surface area (Å²) in [5.74, 6) is 0.982. The lowest BCUT2D eigenvalue weighted by Gasteiger charge is -2.33. The minimum atomic E-state index is 0.505. The number of nitrogens with one attached hydrogen (secondary N) is 1. The number of piperidine rings is 1. The molecule has 1 fully saturated rings. The maximum atomic E-state index is 4.22. The predicted octanol–water partition coefficient (Wildman–Crippen LogP) is 3.14. The first kappa shape index (κ1) is 15.7. The molecule has 120 valence electrons. The minimum absolute atomic E-state index is 0.505. The van der Waals surface area contributed by atoms with Gasteiger partial charge < -0.3 is 10.2 Å². The van der Waals surface area contributed by atoms with E-state index in [0.717, 1.165) is 25.5 Å². The number of anilines is 1. The zero-order chi connectivity index (χ0) is 15.9. The molecule has 23 heavy (non-hydrogen) atoms. The molecule has 3 rings (SSSR count). The third-order valence-corrected chi connectivity index (χ3v) is 4.19. The monoisotopic (exact) mass is 308 g/mol. The molecule has 0 bridgehead atoms. The predicted molar refractivity (Wildman–Crippen MR) is 95.4 cm³/mol. The zero-order valence-corrected chi connectivity index (χ0v) is 13.7. The molecular weight excluding hydrogens is 284 g/mol. The molecule has 0 saturated carbocycles. The molecule has 0 radical (unpaired) electrons. The lowest BCUT2D eigenvalue weighted by atomic mass is 10.0. The van der Waals surface area contributed by atoms with E-state index in [-0.39, 0.29) is 0 Å². The van der Waals surface area contributed by atoms with Crippen molar-refractivity contribution in [2.24, 2.45) is 0 Å². The Kier molecular flexibility index (Phi) is 5.37. The lowest BCUT2D eigenvalue weighted by Crippen LogP contribution is -2.46. The zero-order valence-electron chi connectivity index (χ0n) is 13.7. The molecule has 1 aromatic carbocycles. The average molecular weight is 308 g/mol. The van der Waals surface area contributed by atoms with Crippen LogP contribution in [0.1, 0.15) is 25.3 Å². The fraction of sp³-hybridized carbons (Fsp3) is 0.368. The van der Waals surface area contributed by atoms with Crippen molar-refractivity contribution in [2.75, 3.05) is 24.5 Å². The van der Waals surface area contributed by atoms with Crippen molar-refractivity contribution in [1.29, 1.82) is 0 Å². The van der Waals surface area contributed by atoms with E-state index in [0.29, 0.717) is 6.04 Å². The molecule has 1 atom stereocenters. The van der Waals surface area contributed by atoms with Gasteiger partial charge in [-0.3, -0.25) is 0 Å². The van der Waals surface area contributed by atoms with Crippen LogP contribution >= 0.6 is 0 Å². The quantitative estimate of drug-likeness (QED) is 0.921. The van der Waals surface area contributed by atoms with Crippen molar-refractivity contribution in [3.05, 3.63) is 59.8 Å². The van der Waals surface area contributed by atoms with Crippen LogP contribution < -0.4 is 10.2 Å². The van der Waals surface area contributed by atoms with Crippen LogP contribution in [-0.2, 0) is 0 Å². The van der Waals surface area contributed by atoms with E-state index in [1.54, 1.807) is 6.20 Å². The Morgan fingerprint density at radius 2 is 2.13 bits per heavy atom. The number of hydrogen-bond donors (Lipinski definition) is 1. The third kappa shape index (κ3) is 4.63. The van der Waals surface area contributed by atoms with Crippen molar-refractivity contribution >= 4 is 11.9 Å². The topological polar surface area (TPSA) is 41.0 Å². The summed E-state index contributed by atoms with van der Waals surface area (Å²) in [7, 11) is 0. The Bertz CT molecular complexity index is 624. The van der Waals surface area contributed by atoms with Gasteiger partial charge in [-0.1, -0.05) is 42.0 Å². The summed E-state index contributed by atoms with van der Waals surface area (Å²) in [5.41, 5.74) is 2.62. The Balaban J connectivity index is 1.53. The van der Waals surface area contributed by atoms with E-state index in [4.69, 9.17) is 0 Å². The van der Waals surface area contributed by atoms with Gasteiger partial charge in [0.1, 0.15) is 0 Å². The number of benzene rings is 1. The van der Waals surface area contributed by atoms with Crippen LogP contribution in [0.2, 0.25) is 0 Å². The Hall–Kier alpha value is -2.20. The molecule has 1 aliphatic rings. The largest absolute Gasteiger partial charge is 0.354 e. The van der Waals surface area contributed by atoms with Crippen molar-refractivity contribution < 1.29 is 0 Å². The van der Waals surface area contributed by atoms with Crippen LogP contribution in [0.5, 0.6) is 0 Å². The molecule has 0 aliphatic carbocycles. The summed E-state index contributed by atoms with van der Waals surface area (Å²) in [5, 5.41) is 11.9. The van der Waals surface area contributed by atoms with Crippen LogP contribution in [0.25, 0.3) is 6.08 Å². The molecule has 1 aromatic heterocycles. The van der Waals surface area contributed by atoms with Crippen molar-refractivity contribution in [1.82, 2.24) is 15.5 Å². The summed E-state index contributed by atoms with van der Waals surface area (Å²) in [6.07, 6.45) is 6.38. The van der Waals surface area contributed by atoms with Gasteiger partial charge in [0.15, 0.2) is 5.82 Å². The van der Waals surface area contributed by atoms with Crippen LogP contribution in [0.4, 0.5) is 5.82 Å². The van der Waals surface area contributed by atoms with Crippen molar-refractivity contribution in [3.8, 4) is 0 Å². The van der Waals surface area contributed by atoms with E-state index in [1.807, 2.05) is 18.2 Å². The first-order valence-electron chi connectivity index (χ1n) is 8.29. The molecule has 1 aliphatic heterocycles. The lowest BCUT2D eigenvalue weighted by molar-refractivity contribution is 0.432. The Morgan fingerprint density at radius 1 is 1.26 bits per heavy atom. The standard InChI is InChI=1S/C19H24N4/c1-16(13-17-7-3-2-4-8-17)14-20-18-9-6-12-23(15-18)19-10-5-11-21-22-19/h2-5,7-8,10-11,13,18,20H,6,9,12,14-15H2,1H3. The number of nitrogens with zero attached hydrogens (tertiary/aromatic N) is 3. The molecule has 1 unspecified atom stereocenters. The van der Waals surface area contributed by atoms with Gasteiger partial charge in [-0.15, -0.1) is 5.10 Å². The third-order valence-electron chi connectivity index (χ3n) is 4.19. The van der Waals surface area contributed by atoms with Gasteiger partial charge in [-0.05, 0) is 37.5 Å². The Morgan fingerprint density at radius 3 is 2.91 bits per heavy atom. The minimum Gasteiger partial charge on any atom is -0.354 e. The summed E-state index contributed by atoms with van der Waals surface area (Å²) >= 11 is 0. The normalized spacial score (nSPS) is 18.9. The van der Waals surface area contributed by atoms with Gasteiger partial charge in [0.2, 0.25) is 0 Å². The summed E-state index contributed by atoms with van der Waals surface area (Å²) in [6, 6.07) is 15.0. The van der Waals surface area contributed by atoms with Gasteiger partial charge in [-0.2, -0.15) is 5.10 Å². The van der Waals surface area contributed by atoms with Gasteiger partial charge in [0.25, 0.3) is 0 Å². The average Bonchev–Trinajstić information content (AvgIpc) is 2.62. The van der Waals surface area contributed by atoms with Crippen LogP contribution in [0.15, 0.2) is 54.2 Å². The molecule has 4 nitrogen and oxygen atoms in total. The second-order valence-electron chi connectivity index (χ2n) is 6.15. The van der Waals surface area contributed by atoms with Crippen LogP contribution in [-0.4, -0.2) is 35.9 Å². The SMILES string of the molecule is CC(=Cc1ccccc1)CNC1CCCN(c2cccnn2)C1. The number of hydrogen-bond acceptors (Lipinski definition) is 4. The van der Waals surface area contributed by atoms with E-state index in [2.05, 4.69) is 57.7 Å². The van der Waals surface area contributed by atoms with E-state index in [9.17, 15) is 0 Å². The van der Waals surface area contributed by atoms with Crippen molar-refractivity contribution in [3.63, 3.8) is 0 Å². The highest BCUT2D eigenvalue weighted by atomic mass is 15.3. The van der Waals surface area contributed by atoms with Gasteiger partial charge in [0, 0.05) is 31.9 Å². The molecular formula is C19H24N4. The van der Waals surface area contributed by atoms with Crippen LogP contribution in [0.3, 0.4) is 0 Å². The molecule has 4 heteroatoms. The second-order valence-corrected chi connectivity index (χ2v) is 6.15. The van der Waals surface area contributed by atoms with Crippen molar-refractivity contribution in [2.45, 2.75) is 25.8 Å². The fourth-order valence-electron chi connectivity index (χ4n) is 3.00. The highest BCUT2D eigenvalue weighted by molar-refractivity contribution is 5.52. The maximum absolute atomic E-state index is 4.22. The molecule has 2 aromatic rings. The molecule has 2 heterocycles. The molecule has 0 amide bonds. The molecule has 0 spiro atoms. The summed E-state index contributed by atoms with van der Waals surface area (Å²) in [6.45, 7) is 5.17. The number of aromatic nitrogens is 2. The number of rotatable bonds is 5. The summed E-state index contributed by atoms with van der Waals surface area (Å²) in [4.78, 5) is 2.32. The van der Waals surface area contributed by atoms with Gasteiger partial charge in [0.05, 0.1) is 0 Å². The first-order chi connectivity index (χ1) is 11.3. The Labute approximate surface area is 138 Å². The fourth-order valence-corrected chi connectivity index (χ4v) is 3.00. The van der Waals surface area contributed by atoms with Gasteiger partial charge >= 0.3 is 0 Å². The highest BCUT2D eigenvalue weighted by Crippen LogP contribution is 2.17. The maximum Gasteiger partial charge on any atom is 0.151 e.